The Labute approximate surface area is 98.2 Å². The first-order valence-electron chi connectivity index (χ1n) is 6.56. The second-order valence-corrected chi connectivity index (χ2v) is 4.87. The molecule has 0 unspecified atom stereocenters. The lowest BCUT2D eigenvalue weighted by atomic mass is 10.2. The third kappa shape index (κ3) is 3.34. The van der Waals surface area contributed by atoms with E-state index in [-0.39, 0.29) is 0 Å². The molecular formula is C13H23N3. The fraction of sp³-hybridized carbons (Fsp3) is 0.769. The predicted octanol–water partition coefficient (Wildman–Crippen LogP) is 2.63. The van der Waals surface area contributed by atoms with E-state index < -0.39 is 0 Å². The first-order valence-corrected chi connectivity index (χ1v) is 6.56. The molecule has 1 N–H and O–H groups in total. The Bertz CT molecular complexity index is 326. The highest BCUT2D eigenvalue weighted by Gasteiger charge is 2.20. The van der Waals surface area contributed by atoms with Crippen molar-refractivity contribution in [3.05, 3.63) is 17.5 Å². The van der Waals surface area contributed by atoms with Gasteiger partial charge in [0.25, 0.3) is 0 Å². The topological polar surface area (TPSA) is 29.9 Å². The maximum absolute atomic E-state index is 4.56. The molecule has 1 aromatic rings. The van der Waals surface area contributed by atoms with E-state index in [2.05, 4.69) is 35.1 Å². The third-order valence-electron chi connectivity index (χ3n) is 3.20. The highest BCUT2D eigenvalue weighted by Crippen LogP contribution is 2.19. The molecule has 0 aromatic carbocycles. The Morgan fingerprint density at radius 3 is 2.94 bits per heavy atom. The molecule has 1 aliphatic carbocycles. The van der Waals surface area contributed by atoms with Gasteiger partial charge in [0.1, 0.15) is 0 Å². The van der Waals surface area contributed by atoms with Crippen molar-refractivity contribution in [2.24, 2.45) is 0 Å². The largest absolute Gasteiger partial charge is 0.310 e. The summed E-state index contributed by atoms with van der Waals surface area (Å²) in [6, 6.07) is 0.780. The second kappa shape index (κ2) is 5.48. The number of rotatable bonds is 7. The van der Waals surface area contributed by atoms with Crippen LogP contribution >= 0.6 is 0 Å². The van der Waals surface area contributed by atoms with Crippen LogP contribution in [-0.2, 0) is 13.1 Å². The number of nitrogens with zero attached hydrogens (tertiary/aromatic N) is 2. The highest BCUT2D eigenvalue weighted by molar-refractivity contribution is 5.15. The number of aromatic nitrogens is 2. The van der Waals surface area contributed by atoms with Gasteiger partial charge in [-0.1, -0.05) is 19.8 Å². The molecule has 3 heteroatoms. The van der Waals surface area contributed by atoms with Gasteiger partial charge in [-0.15, -0.1) is 0 Å². The summed E-state index contributed by atoms with van der Waals surface area (Å²) >= 11 is 0. The number of unbranched alkanes of at least 4 members (excludes halogenated alkanes) is 2. The zero-order valence-corrected chi connectivity index (χ0v) is 10.5. The first-order chi connectivity index (χ1) is 7.79. The summed E-state index contributed by atoms with van der Waals surface area (Å²) in [5.74, 6) is 0. The molecule has 1 aliphatic rings. The fourth-order valence-corrected chi connectivity index (χ4v) is 1.91. The Balaban J connectivity index is 1.81. The molecule has 0 atom stereocenters. The van der Waals surface area contributed by atoms with Gasteiger partial charge in [0.05, 0.1) is 5.69 Å². The summed E-state index contributed by atoms with van der Waals surface area (Å²) < 4.78 is 2.11. The molecule has 0 spiro atoms. The molecule has 16 heavy (non-hydrogen) atoms. The van der Waals surface area contributed by atoms with Crippen LogP contribution in [0.4, 0.5) is 0 Å². The Kier molecular flexibility index (Phi) is 3.99. The Morgan fingerprint density at radius 1 is 1.44 bits per heavy atom. The zero-order chi connectivity index (χ0) is 11.4. The Hall–Kier alpha value is -0.830. The van der Waals surface area contributed by atoms with Crippen LogP contribution < -0.4 is 5.32 Å². The SMILES string of the molecule is CCCCCn1cc(CNC2CC2)c(C)n1. The lowest BCUT2D eigenvalue weighted by Crippen LogP contribution is -2.15. The molecule has 1 saturated carbocycles. The second-order valence-electron chi connectivity index (χ2n) is 4.87. The summed E-state index contributed by atoms with van der Waals surface area (Å²) in [6.45, 7) is 6.40. The smallest absolute Gasteiger partial charge is 0.0638 e. The molecular weight excluding hydrogens is 198 g/mol. The van der Waals surface area contributed by atoms with Crippen LogP contribution in [0.15, 0.2) is 6.20 Å². The van der Waals surface area contributed by atoms with Gasteiger partial charge < -0.3 is 5.32 Å². The highest BCUT2D eigenvalue weighted by atomic mass is 15.3. The molecule has 0 bridgehead atoms. The molecule has 2 rings (SSSR count). The maximum Gasteiger partial charge on any atom is 0.0638 e. The van der Waals surface area contributed by atoms with Crippen molar-refractivity contribution in [3.63, 3.8) is 0 Å². The summed E-state index contributed by atoms with van der Waals surface area (Å²) in [5.41, 5.74) is 2.55. The van der Waals surface area contributed by atoms with Gasteiger partial charge in [-0.05, 0) is 26.2 Å². The van der Waals surface area contributed by atoms with E-state index in [0.717, 1.165) is 19.1 Å². The van der Waals surface area contributed by atoms with Gasteiger partial charge in [0.15, 0.2) is 0 Å². The molecule has 1 aromatic heterocycles. The molecule has 0 radical (unpaired) electrons. The van der Waals surface area contributed by atoms with Crippen molar-refractivity contribution in [2.75, 3.05) is 0 Å². The van der Waals surface area contributed by atoms with Crippen molar-refractivity contribution in [1.82, 2.24) is 15.1 Å². The summed E-state index contributed by atoms with van der Waals surface area (Å²) in [5, 5.41) is 8.10. The molecule has 0 amide bonds. The first kappa shape index (κ1) is 11.6. The van der Waals surface area contributed by atoms with E-state index in [1.54, 1.807) is 0 Å². The van der Waals surface area contributed by atoms with E-state index >= 15 is 0 Å². The van der Waals surface area contributed by atoms with Crippen LogP contribution in [0, 0.1) is 6.92 Å². The minimum absolute atomic E-state index is 0.780. The van der Waals surface area contributed by atoms with Crippen molar-refractivity contribution in [1.29, 1.82) is 0 Å². The van der Waals surface area contributed by atoms with Crippen molar-refractivity contribution < 1.29 is 0 Å². The van der Waals surface area contributed by atoms with Crippen LogP contribution in [0.25, 0.3) is 0 Å². The average Bonchev–Trinajstić information content (AvgIpc) is 3.02. The number of nitrogens with one attached hydrogen (secondary N) is 1. The van der Waals surface area contributed by atoms with Gasteiger partial charge in [-0.3, -0.25) is 4.68 Å². The average molecular weight is 221 g/mol. The van der Waals surface area contributed by atoms with Gasteiger partial charge >= 0.3 is 0 Å². The molecule has 1 fully saturated rings. The standard InChI is InChI=1S/C13H23N3/c1-3-4-5-8-16-10-12(11(2)15-16)9-14-13-6-7-13/h10,13-14H,3-9H2,1-2H3. The number of hydrogen-bond donors (Lipinski definition) is 1. The normalized spacial score (nSPS) is 15.6. The lowest BCUT2D eigenvalue weighted by Gasteiger charge is -2.00. The lowest BCUT2D eigenvalue weighted by molar-refractivity contribution is 0.550. The molecule has 1 heterocycles. The van der Waals surface area contributed by atoms with E-state index in [4.69, 9.17) is 0 Å². The zero-order valence-electron chi connectivity index (χ0n) is 10.5. The number of hydrogen-bond acceptors (Lipinski definition) is 2. The van der Waals surface area contributed by atoms with E-state index in [1.807, 2.05) is 0 Å². The van der Waals surface area contributed by atoms with Gasteiger partial charge in [-0.2, -0.15) is 5.10 Å². The van der Waals surface area contributed by atoms with Crippen LogP contribution in [0.2, 0.25) is 0 Å². The maximum atomic E-state index is 4.56. The Morgan fingerprint density at radius 2 is 2.25 bits per heavy atom. The molecule has 90 valence electrons. The van der Waals surface area contributed by atoms with E-state index in [9.17, 15) is 0 Å². The van der Waals surface area contributed by atoms with Crippen molar-refractivity contribution >= 4 is 0 Å². The van der Waals surface area contributed by atoms with Crippen molar-refractivity contribution in [2.45, 2.75) is 65.1 Å². The van der Waals surface area contributed by atoms with E-state index in [0.29, 0.717) is 0 Å². The monoisotopic (exact) mass is 221 g/mol. The minimum Gasteiger partial charge on any atom is -0.310 e. The van der Waals surface area contributed by atoms with Crippen LogP contribution in [0.3, 0.4) is 0 Å². The summed E-state index contributed by atoms with van der Waals surface area (Å²) in [4.78, 5) is 0. The summed E-state index contributed by atoms with van der Waals surface area (Å²) in [7, 11) is 0. The molecule has 0 saturated heterocycles. The van der Waals surface area contributed by atoms with Crippen LogP contribution in [0.1, 0.15) is 50.3 Å². The van der Waals surface area contributed by atoms with Crippen LogP contribution in [0.5, 0.6) is 0 Å². The van der Waals surface area contributed by atoms with Gasteiger partial charge in [-0.25, -0.2) is 0 Å². The van der Waals surface area contributed by atoms with Gasteiger partial charge in [0.2, 0.25) is 0 Å². The molecule has 3 nitrogen and oxygen atoms in total. The quantitative estimate of drug-likeness (QED) is 0.717. The van der Waals surface area contributed by atoms with Crippen molar-refractivity contribution in [3.8, 4) is 0 Å². The number of aryl methyl sites for hydroxylation is 2. The third-order valence-corrected chi connectivity index (χ3v) is 3.20. The fourth-order valence-electron chi connectivity index (χ4n) is 1.91. The predicted molar refractivity (Wildman–Crippen MR) is 66.4 cm³/mol. The molecule has 0 aliphatic heterocycles. The minimum atomic E-state index is 0.780. The van der Waals surface area contributed by atoms with Gasteiger partial charge in [0, 0.05) is 30.9 Å². The van der Waals surface area contributed by atoms with E-state index in [1.165, 1.54) is 43.4 Å². The summed E-state index contributed by atoms with van der Waals surface area (Å²) in [6.07, 6.45) is 8.73. The van der Waals surface area contributed by atoms with Crippen LogP contribution in [-0.4, -0.2) is 15.8 Å².